The number of aromatic amines is 1. The minimum atomic E-state index is -0.290. The number of imidazole rings is 1. The van der Waals surface area contributed by atoms with E-state index in [0.717, 1.165) is 20.5 Å². The monoisotopic (exact) mass is 430 g/mol. The van der Waals surface area contributed by atoms with E-state index in [1.165, 1.54) is 11.6 Å². The molecule has 3 aromatic rings. The van der Waals surface area contributed by atoms with E-state index in [0.29, 0.717) is 9.99 Å². The van der Waals surface area contributed by atoms with E-state index in [1.54, 1.807) is 6.07 Å². The molecule has 0 aliphatic rings. The predicted octanol–water partition coefficient (Wildman–Crippen LogP) is 5.04. The van der Waals surface area contributed by atoms with Crippen LogP contribution in [0, 0.1) is 16.3 Å². The van der Waals surface area contributed by atoms with Crippen LogP contribution in [0.3, 0.4) is 0 Å². The molecule has 0 spiro atoms. The molecule has 1 N–H and O–H groups in total. The highest BCUT2D eigenvalue weighted by molar-refractivity contribution is 14.1. The van der Waals surface area contributed by atoms with E-state index in [2.05, 4.69) is 61.5 Å². The number of nitrogens with zero attached hydrogens (tertiary/aromatic N) is 1. The van der Waals surface area contributed by atoms with Crippen LogP contribution in [0.5, 0.6) is 0 Å². The lowest BCUT2D eigenvalue weighted by Gasteiger charge is -2.03. The molecule has 0 saturated carbocycles. The van der Waals surface area contributed by atoms with Crippen molar-refractivity contribution >= 4 is 49.6 Å². The van der Waals surface area contributed by atoms with Crippen molar-refractivity contribution in [2.75, 3.05) is 0 Å². The van der Waals surface area contributed by atoms with Crippen molar-refractivity contribution < 1.29 is 4.39 Å². The summed E-state index contributed by atoms with van der Waals surface area (Å²) in [7, 11) is 0. The zero-order valence-corrected chi connectivity index (χ0v) is 13.7. The summed E-state index contributed by atoms with van der Waals surface area (Å²) in [5, 5.41) is 0. The molecule has 0 fully saturated rings. The summed E-state index contributed by atoms with van der Waals surface area (Å²) in [6.07, 6.45) is 0. The van der Waals surface area contributed by atoms with Crippen molar-refractivity contribution in [1.82, 2.24) is 9.97 Å². The number of aryl methyl sites for hydroxylation is 1. The first kappa shape index (κ1) is 13.1. The summed E-state index contributed by atoms with van der Waals surface area (Å²) in [4.78, 5) is 7.70. The molecule has 19 heavy (non-hydrogen) atoms. The van der Waals surface area contributed by atoms with E-state index in [9.17, 15) is 4.39 Å². The Labute approximate surface area is 131 Å². The highest BCUT2D eigenvalue weighted by atomic mass is 127. The highest BCUT2D eigenvalue weighted by Crippen LogP contribution is 2.29. The third-order valence-electron chi connectivity index (χ3n) is 2.97. The predicted molar refractivity (Wildman–Crippen MR) is 86.6 cm³/mol. The maximum Gasteiger partial charge on any atom is 0.139 e. The Morgan fingerprint density at radius 3 is 2.89 bits per heavy atom. The van der Waals surface area contributed by atoms with Crippen LogP contribution in [-0.2, 0) is 0 Å². The Bertz CT molecular complexity index is 743. The van der Waals surface area contributed by atoms with Crippen LogP contribution in [-0.4, -0.2) is 9.97 Å². The Morgan fingerprint density at radius 1 is 1.32 bits per heavy atom. The average Bonchev–Trinajstić information content (AvgIpc) is 2.76. The fourth-order valence-electron chi connectivity index (χ4n) is 1.96. The summed E-state index contributed by atoms with van der Waals surface area (Å²) in [5.74, 6) is 0.474. The number of rotatable bonds is 1. The minimum Gasteiger partial charge on any atom is -0.338 e. The second-order valence-corrected chi connectivity index (χ2v) is 6.24. The standard InChI is InChI=1S/C14H9BrFIN2/c1-7-3-2-4-8(13(7)17)14-18-11-5-9(15)10(16)6-12(11)19-14/h2-6H,1H3,(H,18,19). The molecule has 96 valence electrons. The Hall–Kier alpha value is -0.950. The molecular weight excluding hydrogens is 422 g/mol. The van der Waals surface area contributed by atoms with Crippen LogP contribution in [0.25, 0.3) is 22.4 Å². The average molecular weight is 431 g/mol. The lowest BCUT2D eigenvalue weighted by Crippen LogP contribution is -1.88. The van der Waals surface area contributed by atoms with Gasteiger partial charge in [0.25, 0.3) is 0 Å². The summed E-state index contributed by atoms with van der Waals surface area (Å²) in [5.41, 5.74) is 3.69. The molecule has 0 radical (unpaired) electrons. The second kappa shape index (κ2) is 4.86. The topological polar surface area (TPSA) is 28.7 Å². The van der Waals surface area contributed by atoms with Gasteiger partial charge in [-0.1, -0.05) is 18.2 Å². The number of H-pyrrole nitrogens is 1. The van der Waals surface area contributed by atoms with Crippen LogP contribution in [0.15, 0.2) is 34.8 Å². The molecule has 1 aromatic heterocycles. The second-order valence-electron chi connectivity index (χ2n) is 4.31. The summed E-state index contributed by atoms with van der Waals surface area (Å²) in [6, 6.07) is 9.21. The van der Waals surface area contributed by atoms with E-state index in [-0.39, 0.29) is 5.82 Å². The summed E-state index contributed by atoms with van der Waals surface area (Å²) < 4.78 is 15.1. The number of aromatic nitrogens is 2. The molecule has 5 heteroatoms. The van der Waals surface area contributed by atoms with Gasteiger partial charge >= 0.3 is 0 Å². The molecular formula is C14H9BrFIN2. The van der Waals surface area contributed by atoms with Gasteiger partial charge in [-0.15, -0.1) is 0 Å². The number of benzene rings is 2. The van der Waals surface area contributed by atoms with Gasteiger partial charge in [0.05, 0.1) is 15.5 Å². The highest BCUT2D eigenvalue weighted by Gasteiger charge is 2.11. The zero-order chi connectivity index (χ0) is 13.6. The van der Waals surface area contributed by atoms with Crippen LogP contribution in [0.1, 0.15) is 5.56 Å². The van der Waals surface area contributed by atoms with E-state index in [1.807, 2.05) is 12.1 Å². The minimum absolute atomic E-state index is 0.290. The maximum absolute atomic E-state index is 13.5. The van der Waals surface area contributed by atoms with Gasteiger partial charge in [0, 0.05) is 15.2 Å². The molecule has 0 aliphatic heterocycles. The van der Waals surface area contributed by atoms with Crippen molar-refractivity contribution in [2.24, 2.45) is 0 Å². The molecule has 2 nitrogen and oxygen atoms in total. The van der Waals surface area contributed by atoms with Crippen molar-refractivity contribution in [1.29, 1.82) is 0 Å². The van der Waals surface area contributed by atoms with Gasteiger partial charge < -0.3 is 4.98 Å². The van der Waals surface area contributed by atoms with Crippen LogP contribution >= 0.6 is 38.5 Å². The summed E-state index contributed by atoms with van der Waals surface area (Å²) in [6.45, 7) is 2.06. The van der Waals surface area contributed by atoms with Crippen molar-refractivity contribution in [3.05, 3.63) is 49.8 Å². The maximum atomic E-state index is 13.5. The third kappa shape index (κ3) is 2.29. The fourth-order valence-corrected chi connectivity index (χ4v) is 2.91. The van der Waals surface area contributed by atoms with Crippen LogP contribution < -0.4 is 0 Å². The van der Waals surface area contributed by atoms with Crippen LogP contribution in [0.4, 0.5) is 4.39 Å². The lowest BCUT2D eigenvalue weighted by molar-refractivity contribution is 0.623. The largest absolute Gasteiger partial charge is 0.338 e. The quantitative estimate of drug-likeness (QED) is 0.538. The zero-order valence-electron chi connectivity index (χ0n) is 9.97. The Morgan fingerprint density at radius 2 is 2.11 bits per heavy atom. The normalized spacial score (nSPS) is 11.2. The van der Waals surface area contributed by atoms with Crippen molar-refractivity contribution in [3.8, 4) is 11.4 Å². The van der Waals surface area contributed by atoms with E-state index >= 15 is 0 Å². The van der Waals surface area contributed by atoms with Gasteiger partial charge in [-0.2, -0.15) is 0 Å². The van der Waals surface area contributed by atoms with Gasteiger partial charge in [-0.3, -0.25) is 0 Å². The number of fused-ring (bicyclic) bond motifs is 1. The molecule has 1 heterocycles. The molecule has 3 rings (SSSR count). The fraction of sp³-hybridized carbons (Fsp3) is 0.0714. The number of nitrogens with one attached hydrogen (secondary N) is 1. The van der Waals surface area contributed by atoms with E-state index < -0.39 is 0 Å². The first-order chi connectivity index (χ1) is 9.06. The smallest absolute Gasteiger partial charge is 0.139 e. The summed E-state index contributed by atoms with van der Waals surface area (Å²) >= 11 is 5.48. The SMILES string of the molecule is Cc1cccc(-c2nc3cc(Br)c(F)cc3[nH]2)c1I. The molecule has 0 aliphatic carbocycles. The molecule has 0 saturated heterocycles. The van der Waals surface area contributed by atoms with Gasteiger partial charge in [0.15, 0.2) is 0 Å². The van der Waals surface area contributed by atoms with Gasteiger partial charge in [0.2, 0.25) is 0 Å². The number of hydrogen-bond donors (Lipinski definition) is 1. The molecule has 0 bridgehead atoms. The van der Waals surface area contributed by atoms with E-state index in [4.69, 9.17) is 0 Å². The van der Waals surface area contributed by atoms with Crippen molar-refractivity contribution in [3.63, 3.8) is 0 Å². The Kier molecular flexibility index (Phi) is 3.34. The lowest BCUT2D eigenvalue weighted by atomic mass is 10.1. The van der Waals surface area contributed by atoms with Gasteiger partial charge in [0.1, 0.15) is 11.6 Å². The van der Waals surface area contributed by atoms with Gasteiger partial charge in [-0.25, -0.2) is 9.37 Å². The van der Waals surface area contributed by atoms with Crippen LogP contribution in [0.2, 0.25) is 0 Å². The number of hydrogen-bond acceptors (Lipinski definition) is 1. The molecule has 0 amide bonds. The van der Waals surface area contributed by atoms with Crippen molar-refractivity contribution in [2.45, 2.75) is 6.92 Å². The first-order valence-electron chi connectivity index (χ1n) is 5.66. The molecule has 0 atom stereocenters. The molecule has 0 unspecified atom stereocenters. The Balaban J connectivity index is 2.23. The first-order valence-corrected chi connectivity index (χ1v) is 7.53. The van der Waals surface area contributed by atoms with Gasteiger partial charge in [-0.05, 0) is 57.1 Å². The molecule has 2 aromatic carbocycles. The number of halogens is 3. The third-order valence-corrected chi connectivity index (χ3v) is 5.01.